The van der Waals surface area contributed by atoms with Crippen LogP contribution in [0.2, 0.25) is 0 Å². The molecule has 2 fully saturated rings. The van der Waals surface area contributed by atoms with Crippen molar-refractivity contribution in [1.82, 2.24) is 24.9 Å². The molecule has 1 aliphatic carbocycles. The van der Waals surface area contributed by atoms with E-state index >= 15 is 0 Å². The lowest BCUT2D eigenvalue weighted by molar-refractivity contribution is 0.0946. The van der Waals surface area contributed by atoms with Crippen LogP contribution in [0.4, 0.5) is 11.5 Å². The van der Waals surface area contributed by atoms with E-state index in [1.807, 2.05) is 19.1 Å². The fourth-order valence-electron chi connectivity index (χ4n) is 3.90. The molecule has 178 valence electrons. The van der Waals surface area contributed by atoms with Crippen LogP contribution < -0.4 is 19.7 Å². The van der Waals surface area contributed by atoms with Crippen molar-refractivity contribution in [2.45, 2.75) is 39.3 Å². The molecular formula is C22H31N7O3S. The quantitative estimate of drug-likeness (QED) is 0.502. The molecule has 1 saturated heterocycles. The van der Waals surface area contributed by atoms with Crippen LogP contribution in [-0.2, 0) is 16.8 Å². The van der Waals surface area contributed by atoms with E-state index in [-0.39, 0.29) is 5.91 Å². The zero-order valence-corrected chi connectivity index (χ0v) is 19.9. The maximum Gasteiger partial charge on any atom is 0.300 e. The van der Waals surface area contributed by atoms with Gasteiger partial charge in [-0.3, -0.25) is 14.4 Å². The first-order chi connectivity index (χ1) is 15.8. The number of aromatic nitrogens is 2. The van der Waals surface area contributed by atoms with Gasteiger partial charge in [-0.15, -0.1) is 0 Å². The zero-order valence-electron chi connectivity index (χ0n) is 19.0. The summed E-state index contributed by atoms with van der Waals surface area (Å²) in [7, 11) is -3.60. The van der Waals surface area contributed by atoms with Gasteiger partial charge in [-0.05, 0) is 49.6 Å². The Kier molecular flexibility index (Phi) is 7.11. The van der Waals surface area contributed by atoms with Crippen LogP contribution >= 0.6 is 0 Å². The molecule has 0 bridgehead atoms. The Labute approximate surface area is 195 Å². The van der Waals surface area contributed by atoms with Crippen molar-refractivity contribution in [2.75, 3.05) is 42.3 Å². The summed E-state index contributed by atoms with van der Waals surface area (Å²) in [5.74, 6) is 0.209. The topological polar surface area (TPSA) is 120 Å². The summed E-state index contributed by atoms with van der Waals surface area (Å²) in [5, 5.41) is 2.98. The minimum absolute atomic E-state index is 0.0959. The normalized spacial score (nSPS) is 17.1. The van der Waals surface area contributed by atoms with Gasteiger partial charge in [0.25, 0.3) is 16.1 Å². The lowest BCUT2D eigenvalue weighted by atomic mass is 10.2. The van der Waals surface area contributed by atoms with E-state index in [1.54, 1.807) is 25.3 Å². The molecule has 0 radical (unpaired) electrons. The van der Waals surface area contributed by atoms with E-state index in [0.717, 1.165) is 56.0 Å². The highest BCUT2D eigenvalue weighted by molar-refractivity contribution is 7.90. The summed E-state index contributed by atoms with van der Waals surface area (Å²) < 4.78 is 28.6. The second kappa shape index (κ2) is 10.0. The number of aryl methyl sites for hydroxylation is 1. The maximum absolute atomic E-state index is 12.2. The number of hydrogen-bond acceptors (Lipinski definition) is 7. The van der Waals surface area contributed by atoms with Gasteiger partial charge in [0.05, 0.1) is 11.4 Å². The molecule has 4 rings (SSSR count). The van der Waals surface area contributed by atoms with Gasteiger partial charge in [0, 0.05) is 51.5 Å². The molecule has 3 N–H and O–H groups in total. The van der Waals surface area contributed by atoms with Gasteiger partial charge in [0.2, 0.25) is 0 Å². The van der Waals surface area contributed by atoms with Crippen LogP contribution in [-0.4, -0.2) is 68.0 Å². The summed E-state index contributed by atoms with van der Waals surface area (Å²) in [4.78, 5) is 25.5. The average Bonchev–Trinajstić information content (AvgIpc) is 3.58. The molecule has 1 aliphatic heterocycles. The predicted molar refractivity (Wildman–Crippen MR) is 127 cm³/mol. The molecule has 1 saturated carbocycles. The number of amides is 1. The molecule has 0 unspecified atom stereocenters. The van der Waals surface area contributed by atoms with Crippen LogP contribution in [0.3, 0.4) is 0 Å². The predicted octanol–water partition coefficient (Wildman–Crippen LogP) is 1.27. The first-order valence-corrected chi connectivity index (χ1v) is 12.8. The highest BCUT2D eigenvalue weighted by atomic mass is 32.2. The minimum Gasteiger partial charge on any atom is -0.368 e. The monoisotopic (exact) mass is 473 g/mol. The van der Waals surface area contributed by atoms with Crippen LogP contribution in [0.1, 0.15) is 41.5 Å². The molecule has 2 aromatic heterocycles. The zero-order chi connectivity index (χ0) is 23.4. The molecule has 2 aromatic rings. The van der Waals surface area contributed by atoms with Crippen LogP contribution in [0.5, 0.6) is 0 Å². The number of pyridine rings is 2. The van der Waals surface area contributed by atoms with E-state index < -0.39 is 10.2 Å². The first kappa shape index (κ1) is 23.4. The molecule has 0 aromatic carbocycles. The highest BCUT2D eigenvalue weighted by Gasteiger charge is 2.25. The summed E-state index contributed by atoms with van der Waals surface area (Å²) in [5.41, 5.74) is 3.39. The SMILES string of the molecule is CCNS(=O)(=O)Nc1cc(CN2CCN(c3ccc(C(=O)NC4CC4)nc3C)CC2)ccn1. The van der Waals surface area contributed by atoms with Crippen molar-refractivity contribution in [3.05, 3.63) is 47.4 Å². The lowest BCUT2D eigenvalue weighted by Crippen LogP contribution is -2.46. The van der Waals surface area contributed by atoms with Crippen LogP contribution in [0, 0.1) is 6.92 Å². The second-order valence-electron chi connectivity index (χ2n) is 8.46. The Morgan fingerprint density at radius 3 is 2.58 bits per heavy atom. The average molecular weight is 474 g/mol. The summed E-state index contributed by atoms with van der Waals surface area (Å²) in [6.45, 7) is 8.12. The molecular weight excluding hydrogens is 442 g/mol. The third-order valence-electron chi connectivity index (χ3n) is 5.72. The number of nitrogens with zero attached hydrogens (tertiary/aromatic N) is 4. The van der Waals surface area contributed by atoms with Crippen molar-refractivity contribution in [3.63, 3.8) is 0 Å². The minimum atomic E-state index is -3.60. The number of carbonyl (C=O) groups excluding carboxylic acids is 1. The molecule has 0 spiro atoms. The molecule has 11 heteroatoms. The van der Waals surface area contributed by atoms with Gasteiger partial charge in [-0.1, -0.05) is 6.92 Å². The fraction of sp³-hybridized carbons (Fsp3) is 0.500. The van der Waals surface area contributed by atoms with Gasteiger partial charge < -0.3 is 10.2 Å². The molecule has 1 amide bonds. The van der Waals surface area contributed by atoms with Crippen LogP contribution in [0.15, 0.2) is 30.5 Å². The van der Waals surface area contributed by atoms with Gasteiger partial charge >= 0.3 is 0 Å². The summed E-state index contributed by atoms with van der Waals surface area (Å²) >= 11 is 0. The number of piperazine rings is 1. The molecule has 0 atom stereocenters. The molecule has 3 heterocycles. The molecule has 33 heavy (non-hydrogen) atoms. The third kappa shape index (κ3) is 6.40. The number of anilines is 2. The Morgan fingerprint density at radius 2 is 1.91 bits per heavy atom. The third-order valence-corrected chi connectivity index (χ3v) is 6.87. The molecule has 10 nitrogen and oxygen atoms in total. The van der Waals surface area contributed by atoms with Crippen molar-refractivity contribution in [3.8, 4) is 0 Å². The fourth-order valence-corrected chi connectivity index (χ4v) is 4.74. The smallest absolute Gasteiger partial charge is 0.300 e. The number of hydrogen-bond donors (Lipinski definition) is 3. The Morgan fingerprint density at radius 1 is 1.15 bits per heavy atom. The van der Waals surface area contributed by atoms with Crippen molar-refractivity contribution in [2.24, 2.45) is 0 Å². The van der Waals surface area contributed by atoms with Crippen LogP contribution in [0.25, 0.3) is 0 Å². The summed E-state index contributed by atoms with van der Waals surface area (Å²) in [6, 6.07) is 7.78. The van der Waals surface area contributed by atoms with Gasteiger partial charge in [0.15, 0.2) is 0 Å². The number of carbonyl (C=O) groups is 1. The molecule has 2 aliphatic rings. The number of rotatable bonds is 9. The van der Waals surface area contributed by atoms with Gasteiger partial charge in [0.1, 0.15) is 11.5 Å². The lowest BCUT2D eigenvalue weighted by Gasteiger charge is -2.36. The Balaban J connectivity index is 1.32. The Bertz CT molecular complexity index is 1100. The largest absolute Gasteiger partial charge is 0.368 e. The van der Waals surface area contributed by atoms with Crippen molar-refractivity contribution in [1.29, 1.82) is 0 Å². The van der Waals surface area contributed by atoms with E-state index in [0.29, 0.717) is 30.6 Å². The highest BCUT2D eigenvalue weighted by Crippen LogP contribution is 2.23. The van der Waals surface area contributed by atoms with Crippen molar-refractivity contribution < 1.29 is 13.2 Å². The standard InChI is InChI=1S/C22H31N7O3S/c1-3-24-33(31,32)27-21-14-17(8-9-23-21)15-28-10-12-29(13-11-28)20-7-6-19(25-16(20)2)22(30)26-18-4-5-18/h6-9,14,18,24H,3-5,10-13,15H2,1-2H3,(H,23,27)(H,26,30). The first-order valence-electron chi connectivity index (χ1n) is 11.3. The Hall–Kier alpha value is -2.76. The van der Waals surface area contributed by atoms with E-state index in [4.69, 9.17) is 0 Å². The summed E-state index contributed by atoms with van der Waals surface area (Å²) in [6.07, 6.45) is 3.73. The number of nitrogens with one attached hydrogen (secondary N) is 3. The van der Waals surface area contributed by atoms with Gasteiger partial charge in [-0.25, -0.2) is 9.97 Å². The maximum atomic E-state index is 12.2. The van der Waals surface area contributed by atoms with E-state index in [9.17, 15) is 13.2 Å². The van der Waals surface area contributed by atoms with Crippen molar-refractivity contribution >= 4 is 27.6 Å². The second-order valence-corrected chi connectivity index (χ2v) is 9.96. The van der Waals surface area contributed by atoms with Gasteiger partial charge in [-0.2, -0.15) is 13.1 Å². The van der Waals surface area contributed by atoms with E-state index in [1.165, 1.54) is 0 Å². The van der Waals surface area contributed by atoms with E-state index in [2.05, 4.69) is 34.5 Å².